The average molecular weight is 232 g/mol. The van der Waals surface area contributed by atoms with Gasteiger partial charge >= 0.3 is 12.0 Å². The van der Waals surface area contributed by atoms with Gasteiger partial charge < -0.3 is 20.5 Å². The van der Waals surface area contributed by atoms with Crippen molar-refractivity contribution in [3.8, 4) is 0 Å². The number of hydrogen-bond donors (Lipinski definition) is 3. The van der Waals surface area contributed by atoms with Gasteiger partial charge in [0.25, 0.3) is 0 Å². The summed E-state index contributed by atoms with van der Waals surface area (Å²) in [5.74, 6) is -1.52. The van der Waals surface area contributed by atoms with Gasteiger partial charge in [-0.05, 0) is 13.8 Å². The molecule has 0 spiro atoms. The molecular formula is C10H20N2O4. The first-order valence-electron chi connectivity index (χ1n) is 5.32. The number of carboxylic acids is 1. The van der Waals surface area contributed by atoms with Crippen LogP contribution in [0.3, 0.4) is 0 Å². The molecule has 0 saturated carbocycles. The second-order valence-electron chi connectivity index (χ2n) is 3.65. The van der Waals surface area contributed by atoms with Crippen LogP contribution >= 0.6 is 0 Å². The summed E-state index contributed by atoms with van der Waals surface area (Å²) in [6, 6.07) is -0.472. The zero-order valence-electron chi connectivity index (χ0n) is 9.95. The van der Waals surface area contributed by atoms with E-state index in [4.69, 9.17) is 9.84 Å². The van der Waals surface area contributed by atoms with E-state index in [-0.39, 0.29) is 18.6 Å². The van der Waals surface area contributed by atoms with Gasteiger partial charge in [-0.15, -0.1) is 0 Å². The summed E-state index contributed by atoms with van der Waals surface area (Å²) in [7, 11) is 0. The highest BCUT2D eigenvalue weighted by Gasteiger charge is 2.13. The minimum atomic E-state index is -0.928. The smallest absolute Gasteiger partial charge is 0.315 e. The fourth-order valence-corrected chi connectivity index (χ4v) is 0.944. The number of aliphatic carboxylic acids is 1. The number of carbonyl (C=O) groups excluding carboxylic acids is 1. The molecule has 0 aromatic rings. The third-order valence-electron chi connectivity index (χ3n) is 1.94. The predicted octanol–water partition coefficient (Wildman–Crippen LogP) is 0.431. The van der Waals surface area contributed by atoms with Crippen molar-refractivity contribution in [2.45, 2.75) is 26.8 Å². The first kappa shape index (κ1) is 14.7. The Kier molecular flexibility index (Phi) is 7.28. The summed E-state index contributed by atoms with van der Waals surface area (Å²) in [5, 5.41) is 13.7. The van der Waals surface area contributed by atoms with Crippen molar-refractivity contribution in [2.75, 3.05) is 19.8 Å². The van der Waals surface area contributed by atoms with Crippen LogP contribution in [0.1, 0.15) is 20.8 Å². The van der Waals surface area contributed by atoms with Crippen LogP contribution in [0.25, 0.3) is 0 Å². The Morgan fingerprint density at radius 3 is 2.50 bits per heavy atom. The number of nitrogens with one attached hydrogen (secondary N) is 2. The van der Waals surface area contributed by atoms with Gasteiger partial charge in [-0.3, -0.25) is 4.79 Å². The van der Waals surface area contributed by atoms with Gasteiger partial charge in [-0.1, -0.05) is 6.92 Å². The monoisotopic (exact) mass is 232 g/mol. The molecule has 0 aliphatic carbocycles. The topological polar surface area (TPSA) is 87.7 Å². The third-order valence-corrected chi connectivity index (χ3v) is 1.94. The number of ether oxygens (including phenoxy) is 1. The van der Waals surface area contributed by atoms with Crippen molar-refractivity contribution >= 4 is 12.0 Å². The minimum Gasteiger partial charge on any atom is -0.481 e. The van der Waals surface area contributed by atoms with Gasteiger partial charge in [0.05, 0.1) is 18.6 Å². The molecular weight excluding hydrogens is 212 g/mol. The Hall–Kier alpha value is -1.30. The van der Waals surface area contributed by atoms with Crippen molar-refractivity contribution in [1.82, 2.24) is 10.6 Å². The second kappa shape index (κ2) is 7.92. The molecule has 2 amide bonds. The van der Waals surface area contributed by atoms with E-state index in [9.17, 15) is 9.59 Å². The first-order valence-corrected chi connectivity index (χ1v) is 5.32. The van der Waals surface area contributed by atoms with Crippen molar-refractivity contribution in [3.05, 3.63) is 0 Å². The maximum absolute atomic E-state index is 11.3. The molecule has 16 heavy (non-hydrogen) atoms. The van der Waals surface area contributed by atoms with E-state index >= 15 is 0 Å². The molecule has 2 atom stereocenters. The Balaban J connectivity index is 3.69. The van der Waals surface area contributed by atoms with Crippen LogP contribution in [-0.4, -0.2) is 42.9 Å². The van der Waals surface area contributed by atoms with E-state index in [0.29, 0.717) is 13.2 Å². The lowest BCUT2D eigenvalue weighted by Crippen LogP contribution is -2.44. The molecule has 0 aromatic heterocycles. The van der Waals surface area contributed by atoms with Crippen LogP contribution in [0.5, 0.6) is 0 Å². The predicted molar refractivity (Wildman–Crippen MR) is 59.3 cm³/mol. The summed E-state index contributed by atoms with van der Waals surface area (Å²) in [6.45, 7) is 6.38. The van der Waals surface area contributed by atoms with E-state index in [1.165, 1.54) is 6.92 Å². The lowest BCUT2D eigenvalue weighted by Gasteiger charge is -2.15. The van der Waals surface area contributed by atoms with Crippen molar-refractivity contribution in [1.29, 1.82) is 0 Å². The molecule has 0 fully saturated rings. The fourth-order valence-electron chi connectivity index (χ4n) is 0.944. The molecule has 0 radical (unpaired) electrons. The van der Waals surface area contributed by atoms with Gasteiger partial charge in [-0.2, -0.15) is 0 Å². The molecule has 0 saturated heterocycles. The summed E-state index contributed by atoms with van der Waals surface area (Å²) in [6.07, 6.45) is 0. The molecule has 6 heteroatoms. The van der Waals surface area contributed by atoms with E-state index in [1.807, 2.05) is 13.8 Å². The fraction of sp³-hybridized carbons (Fsp3) is 0.800. The Labute approximate surface area is 95.4 Å². The average Bonchev–Trinajstić information content (AvgIpc) is 2.22. The molecule has 0 heterocycles. The maximum Gasteiger partial charge on any atom is 0.315 e. The van der Waals surface area contributed by atoms with Crippen LogP contribution in [0.15, 0.2) is 0 Å². The Bertz CT molecular complexity index is 233. The SMILES string of the molecule is CCOCC(C)NC(=O)NCC(C)C(=O)O. The third kappa shape index (κ3) is 7.05. The highest BCUT2D eigenvalue weighted by atomic mass is 16.5. The summed E-state index contributed by atoms with van der Waals surface area (Å²) in [5.41, 5.74) is 0. The van der Waals surface area contributed by atoms with E-state index in [0.717, 1.165) is 0 Å². The van der Waals surface area contributed by atoms with Gasteiger partial charge in [0.15, 0.2) is 0 Å². The molecule has 3 N–H and O–H groups in total. The van der Waals surface area contributed by atoms with Crippen LogP contribution in [0, 0.1) is 5.92 Å². The largest absolute Gasteiger partial charge is 0.481 e. The van der Waals surface area contributed by atoms with Crippen LogP contribution in [-0.2, 0) is 9.53 Å². The highest BCUT2D eigenvalue weighted by molar-refractivity contribution is 5.75. The first-order chi connectivity index (χ1) is 7.47. The molecule has 2 unspecified atom stereocenters. The Morgan fingerprint density at radius 1 is 1.38 bits per heavy atom. The van der Waals surface area contributed by atoms with Crippen LogP contribution < -0.4 is 10.6 Å². The Morgan fingerprint density at radius 2 is 2.00 bits per heavy atom. The maximum atomic E-state index is 11.3. The molecule has 6 nitrogen and oxygen atoms in total. The number of carbonyl (C=O) groups is 2. The number of carboxylic acid groups (broad SMARTS) is 1. The van der Waals surface area contributed by atoms with E-state index < -0.39 is 11.9 Å². The zero-order valence-corrected chi connectivity index (χ0v) is 9.95. The van der Waals surface area contributed by atoms with E-state index in [1.54, 1.807) is 0 Å². The second-order valence-corrected chi connectivity index (χ2v) is 3.65. The van der Waals surface area contributed by atoms with Gasteiger partial charge in [0.2, 0.25) is 0 Å². The molecule has 94 valence electrons. The number of hydrogen-bond acceptors (Lipinski definition) is 3. The van der Waals surface area contributed by atoms with Crippen LogP contribution in [0.2, 0.25) is 0 Å². The van der Waals surface area contributed by atoms with Gasteiger partial charge in [0, 0.05) is 13.2 Å². The lowest BCUT2D eigenvalue weighted by atomic mass is 10.2. The van der Waals surface area contributed by atoms with E-state index in [2.05, 4.69) is 10.6 Å². The summed E-state index contributed by atoms with van der Waals surface area (Å²) in [4.78, 5) is 21.8. The summed E-state index contributed by atoms with van der Waals surface area (Å²) < 4.78 is 5.12. The van der Waals surface area contributed by atoms with Crippen LogP contribution in [0.4, 0.5) is 4.79 Å². The summed E-state index contributed by atoms with van der Waals surface area (Å²) >= 11 is 0. The molecule has 0 aliphatic rings. The lowest BCUT2D eigenvalue weighted by molar-refractivity contribution is -0.140. The quantitative estimate of drug-likeness (QED) is 0.594. The van der Waals surface area contributed by atoms with Crippen molar-refractivity contribution < 1.29 is 19.4 Å². The number of urea groups is 1. The molecule has 0 bridgehead atoms. The standard InChI is InChI=1S/C10H20N2O4/c1-4-16-6-8(3)12-10(15)11-5-7(2)9(13)14/h7-8H,4-6H2,1-3H3,(H,13,14)(H2,11,12,15). The van der Waals surface area contributed by atoms with Gasteiger partial charge in [0.1, 0.15) is 0 Å². The number of amides is 2. The van der Waals surface area contributed by atoms with Crippen molar-refractivity contribution in [2.24, 2.45) is 5.92 Å². The zero-order chi connectivity index (χ0) is 12.6. The normalized spacial score (nSPS) is 13.9. The molecule has 0 aliphatic heterocycles. The van der Waals surface area contributed by atoms with Gasteiger partial charge in [-0.25, -0.2) is 4.79 Å². The molecule has 0 rings (SSSR count). The number of rotatable bonds is 7. The molecule has 0 aromatic carbocycles. The highest BCUT2D eigenvalue weighted by Crippen LogP contribution is 1.91. The van der Waals surface area contributed by atoms with Crippen molar-refractivity contribution in [3.63, 3.8) is 0 Å². The minimum absolute atomic E-state index is 0.0971.